The molecule has 1 unspecified atom stereocenters. The fraction of sp³-hybridized carbons (Fsp3) is 0.667. The van der Waals surface area contributed by atoms with Crippen LogP contribution in [0, 0.1) is 11.3 Å². The Morgan fingerprint density at radius 1 is 1.62 bits per heavy atom. The number of nitriles is 1. The van der Waals surface area contributed by atoms with Crippen LogP contribution < -0.4 is 5.32 Å². The van der Waals surface area contributed by atoms with E-state index in [0.29, 0.717) is 19.5 Å². The van der Waals surface area contributed by atoms with Crippen LogP contribution in [-0.2, 0) is 4.79 Å². The third-order valence-electron chi connectivity index (χ3n) is 2.85. The largest absolute Gasteiger partial charge is 0.351 e. The molecule has 1 aliphatic heterocycles. The van der Waals surface area contributed by atoms with E-state index in [1.165, 1.54) is 0 Å². The van der Waals surface area contributed by atoms with Crippen molar-refractivity contribution in [1.29, 1.82) is 5.26 Å². The monoisotopic (exact) mass is 221 g/mol. The molecule has 1 N–H and O–H groups in total. The highest BCUT2D eigenvalue weighted by molar-refractivity contribution is 5.81. The van der Waals surface area contributed by atoms with Crippen LogP contribution in [0.2, 0.25) is 0 Å². The first-order valence-electron chi connectivity index (χ1n) is 5.79. The molecule has 1 fully saturated rings. The number of nitrogens with zero attached hydrogens (tertiary/aromatic N) is 2. The van der Waals surface area contributed by atoms with Gasteiger partial charge in [0.25, 0.3) is 0 Å². The van der Waals surface area contributed by atoms with Crippen LogP contribution in [0.25, 0.3) is 0 Å². The quantitative estimate of drug-likeness (QED) is 0.706. The lowest BCUT2D eigenvalue weighted by atomic mass is 10.0. The van der Waals surface area contributed by atoms with E-state index in [2.05, 4.69) is 22.9 Å². The van der Waals surface area contributed by atoms with Gasteiger partial charge in [-0.1, -0.05) is 12.5 Å². The molecule has 1 heterocycles. The summed E-state index contributed by atoms with van der Waals surface area (Å²) < 4.78 is 0. The van der Waals surface area contributed by atoms with Gasteiger partial charge < -0.3 is 5.32 Å². The van der Waals surface area contributed by atoms with E-state index < -0.39 is 0 Å². The molecule has 1 rings (SSSR count). The highest BCUT2D eigenvalue weighted by atomic mass is 16.2. The van der Waals surface area contributed by atoms with E-state index in [1.807, 2.05) is 0 Å². The number of carbonyl (C=O) groups excluding carboxylic acids is 1. The fourth-order valence-electron chi connectivity index (χ4n) is 2.04. The Morgan fingerprint density at radius 2 is 2.44 bits per heavy atom. The second kappa shape index (κ2) is 7.02. The Morgan fingerprint density at radius 3 is 3.12 bits per heavy atom. The first kappa shape index (κ1) is 12.7. The van der Waals surface area contributed by atoms with Gasteiger partial charge in [-0.2, -0.15) is 5.26 Å². The van der Waals surface area contributed by atoms with Gasteiger partial charge in [-0.3, -0.25) is 9.69 Å². The number of likely N-dealkylation sites (tertiary alicyclic amines) is 1. The number of hydrogen-bond donors (Lipinski definition) is 1. The SMILES string of the molecule is C=CCNC(=O)C1CCCCN1CCC#N. The summed E-state index contributed by atoms with van der Waals surface area (Å²) >= 11 is 0. The topological polar surface area (TPSA) is 56.1 Å². The zero-order valence-corrected chi connectivity index (χ0v) is 9.61. The van der Waals surface area contributed by atoms with Crippen LogP contribution >= 0.6 is 0 Å². The third kappa shape index (κ3) is 3.67. The van der Waals surface area contributed by atoms with Crippen LogP contribution in [-0.4, -0.2) is 36.5 Å². The Bertz CT molecular complexity index is 282. The summed E-state index contributed by atoms with van der Waals surface area (Å²) in [5, 5.41) is 11.4. The lowest BCUT2D eigenvalue weighted by Gasteiger charge is -2.33. The maximum Gasteiger partial charge on any atom is 0.237 e. The molecule has 0 spiro atoms. The molecule has 1 atom stereocenters. The van der Waals surface area contributed by atoms with Gasteiger partial charge in [-0.05, 0) is 19.4 Å². The van der Waals surface area contributed by atoms with E-state index in [4.69, 9.17) is 5.26 Å². The summed E-state index contributed by atoms with van der Waals surface area (Å²) in [6.07, 6.45) is 5.28. The summed E-state index contributed by atoms with van der Waals surface area (Å²) in [6.45, 7) is 5.71. The molecule has 1 saturated heterocycles. The molecule has 4 nitrogen and oxygen atoms in total. The van der Waals surface area contributed by atoms with Gasteiger partial charge in [0.15, 0.2) is 0 Å². The lowest BCUT2D eigenvalue weighted by molar-refractivity contribution is -0.127. The molecule has 0 aromatic heterocycles. The van der Waals surface area contributed by atoms with Gasteiger partial charge >= 0.3 is 0 Å². The normalized spacial score (nSPS) is 21.1. The fourth-order valence-corrected chi connectivity index (χ4v) is 2.04. The van der Waals surface area contributed by atoms with E-state index >= 15 is 0 Å². The third-order valence-corrected chi connectivity index (χ3v) is 2.85. The average Bonchev–Trinajstić information content (AvgIpc) is 2.33. The van der Waals surface area contributed by atoms with Crippen molar-refractivity contribution in [3.05, 3.63) is 12.7 Å². The van der Waals surface area contributed by atoms with Crippen LogP contribution in [0.4, 0.5) is 0 Å². The average molecular weight is 221 g/mol. The predicted octanol–water partition coefficient (Wildman–Crippen LogP) is 1.06. The minimum absolute atomic E-state index is 0.0537. The van der Waals surface area contributed by atoms with Crippen molar-refractivity contribution in [2.45, 2.75) is 31.7 Å². The summed E-state index contributed by atoms with van der Waals surface area (Å²) in [5.41, 5.74) is 0. The smallest absolute Gasteiger partial charge is 0.237 e. The first-order chi connectivity index (χ1) is 7.79. The molecule has 1 aliphatic rings. The van der Waals surface area contributed by atoms with Crippen molar-refractivity contribution in [2.75, 3.05) is 19.6 Å². The lowest BCUT2D eigenvalue weighted by Crippen LogP contribution is -2.49. The maximum absolute atomic E-state index is 11.8. The van der Waals surface area contributed by atoms with Crippen molar-refractivity contribution in [3.63, 3.8) is 0 Å². The van der Waals surface area contributed by atoms with Crippen LogP contribution in [0.5, 0.6) is 0 Å². The summed E-state index contributed by atoms with van der Waals surface area (Å²) in [6, 6.07) is 2.07. The molecule has 0 aromatic rings. The van der Waals surface area contributed by atoms with Crippen molar-refractivity contribution in [1.82, 2.24) is 10.2 Å². The minimum atomic E-state index is -0.0537. The van der Waals surface area contributed by atoms with Crippen molar-refractivity contribution >= 4 is 5.91 Å². The Labute approximate surface area is 96.9 Å². The predicted molar refractivity (Wildman–Crippen MR) is 62.6 cm³/mol. The van der Waals surface area contributed by atoms with Crippen LogP contribution in [0.3, 0.4) is 0 Å². The zero-order chi connectivity index (χ0) is 11.8. The van der Waals surface area contributed by atoms with Gasteiger partial charge in [-0.25, -0.2) is 0 Å². The zero-order valence-electron chi connectivity index (χ0n) is 9.61. The molecule has 88 valence electrons. The van der Waals surface area contributed by atoms with Crippen LogP contribution in [0.15, 0.2) is 12.7 Å². The Balaban J connectivity index is 2.48. The summed E-state index contributed by atoms with van der Waals surface area (Å²) in [7, 11) is 0. The molecular weight excluding hydrogens is 202 g/mol. The highest BCUT2D eigenvalue weighted by Gasteiger charge is 2.27. The molecule has 1 amide bonds. The molecule has 16 heavy (non-hydrogen) atoms. The highest BCUT2D eigenvalue weighted by Crippen LogP contribution is 2.17. The van der Waals surface area contributed by atoms with E-state index in [1.54, 1.807) is 6.08 Å². The molecular formula is C12H19N3O. The molecule has 4 heteroatoms. The Hall–Kier alpha value is -1.34. The number of hydrogen-bond acceptors (Lipinski definition) is 3. The molecule has 0 aliphatic carbocycles. The molecule has 0 aromatic carbocycles. The Kier molecular flexibility index (Phi) is 5.58. The second-order valence-corrected chi connectivity index (χ2v) is 3.99. The second-order valence-electron chi connectivity index (χ2n) is 3.99. The number of carbonyl (C=O) groups is 1. The van der Waals surface area contributed by atoms with Crippen LogP contribution in [0.1, 0.15) is 25.7 Å². The van der Waals surface area contributed by atoms with Gasteiger partial charge in [-0.15, -0.1) is 6.58 Å². The van der Waals surface area contributed by atoms with Crippen molar-refractivity contribution < 1.29 is 4.79 Å². The van der Waals surface area contributed by atoms with Gasteiger partial charge in [0.1, 0.15) is 0 Å². The standard InChI is InChI=1S/C12H19N3O/c1-2-8-14-12(16)11-6-3-4-9-15(11)10-5-7-13/h2,11H,1,3-6,8-10H2,(H,14,16). The summed E-state index contributed by atoms with van der Waals surface area (Å²) in [5.74, 6) is 0.0672. The molecule has 0 radical (unpaired) electrons. The maximum atomic E-state index is 11.8. The number of piperidine rings is 1. The summed E-state index contributed by atoms with van der Waals surface area (Å²) in [4.78, 5) is 14.0. The van der Waals surface area contributed by atoms with Crippen molar-refractivity contribution in [3.8, 4) is 6.07 Å². The van der Waals surface area contributed by atoms with Gasteiger partial charge in [0.05, 0.1) is 12.1 Å². The van der Waals surface area contributed by atoms with Crippen molar-refractivity contribution in [2.24, 2.45) is 0 Å². The van der Waals surface area contributed by atoms with E-state index in [0.717, 1.165) is 25.8 Å². The first-order valence-corrected chi connectivity index (χ1v) is 5.79. The number of rotatable bonds is 5. The van der Waals surface area contributed by atoms with Gasteiger partial charge in [0, 0.05) is 19.5 Å². The van der Waals surface area contributed by atoms with Gasteiger partial charge in [0.2, 0.25) is 5.91 Å². The molecule has 0 saturated carbocycles. The molecule has 0 bridgehead atoms. The van der Waals surface area contributed by atoms with E-state index in [-0.39, 0.29) is 11.9 Å². The van der Waals surface area contributed by atoms with E-state index in [9.17, 15) is 4.79 Å². The number of amides is 1. The number of nitrogens with one attached hydrogen (secondary N) is 1. The minimum Gasteiger partial charge on any atom is -0.351 e.